The molecule has 1 N–H and O–H groups in total. The van der Waals surface area contributed by atoms with E-state index in [1.807, 2.05) is 25.1 Å². The van der Waals surface area contributed by atoms with E-state index in [1.165, 1.54) is 6.26 Å². The summed E-state index contributed by atoms with van der Waals surface area (Å²) in [4.78, 5) is 24.8. The van der Waals surface area contributed by atoms with E-state index in [0.29, 0.717) is 5.76 Å². The Hall–Kier alpha value is -2.57. The quantitative estimate of drug-likeness (QED) is 0.922. The van der Waals surface area contributed by atoms with Crippen LogP contribution in [-0.4, -0.2) is 49.1 Å². The molecule has 1 aliphatic heterocycles. The number of hydrogen-bond donors (Lipinski definition) is 1. The lowest BCUT2D eigenvalue weighted by Gasteiger charge is -2.34. The highest BCUT2D eigenvalue weighted by Crippen LogP contribution is 2.20. The molecule has 3 heterocycles. The van der Waals surface area contributed by atoms with Crippen LogP contribution in [0.1, 0.15) is 23.4 Å². The number of amides is 1. The Balaban J connectivity index is 1.66. The van der Waals surface area contributed by atoms with Gasteiger partial charge in [0.15, 0.2) is 5.76 Å². The maximum atomic E-state index is 12.1. The van der Waals surface area contributed by atoms with E-state index in [1.54, 1.807) is 18.5 Å². The Kier molecular flexibility index (Phi) is 4.45. The van der Waals surface area contributed by atoms with Crippen LogP contribution in [0.4, 0.5) is 11.6 Å². The van der Waals surface area contributed by atoms with Crippen LogP contribution >= 0.6 is 0 Å². The molecule has 0 aliphatic carbocycles. The van der Waals surface area contributed by atoms with Gasteiger partial charge in [-0.05, 0) is 25.0 Å². The Labute approximate surface area is 135 Å². The third-order valence-corrected chi connectivity index (χ3v) is 3.92. The molecule has 23 heavy (non-hydrogen) atoms. The standard InChI is InChI=1S/C16H21N5O2/c1-20(2)14-9-15(18-11-17-14)21-7-3-5-12(10-21)19-16(22)13-6-4-8-23-13/h4,6,8-9,11-12H,3,5,7,10H2,1-2H3,(H,19,22)/t12-/m0/s1. The Morgan fingerprint density at radius 3 is 3.04 bits per heavy atom. The second-order valence-corrected chi connectivity index (χ2v) is 5.86. The number of hydrogen-bond acceptors (Lipinski definition) is 6. The highest BCUT2D eigenvalue weighted by atomic mass is 16.3. The third kappa shape index (κ3) is 3.61. The summed E-state index contributed by atoms with van der Waals surface area (Å²) in [7, 11) is 3.91. The maximum absolute atomic E-state index is 12.1. The van der Waals surface area contributed by atoms with Gasteiger partial charge >= 0.3 is 0 Å². The molecule has 122 valence electrons. The van der Waals surface area contributed by atoms with Crippen molar-refractivity contribution in [2.24, 2.45) is 0 Å². The third-order valence-electron chi connectivity index (χ3n) is 3.92. The van der Waals surface area contributed by atoms with Crippen LogP contribution in [0.15, 0.2) is 35.2 Å². The summed E-state index contributed by atoms with van der Waals surface area (Å²) >= 11 is 0. The average molecular weight is 315 g/mol. The zero-order valence-corrected chi connectivity index (χ0v) is 13.4. The lowest BCUT2D eigenvalue weighted by Crippen LogP contribution is -2.48. The number of nitrogens with one attached hydrogen (secondary N) is 1. The number of nitrogens with zero attached hydrogens (tertiary/aromatic N) is 4. The van der Waals surface area contributed by atoms with Crippen LogP contribution in [0.3, 0.4) is 0 Å². The van der Waals surface area contributed by atoms with E-state index in [9.17, 15) is 4.79 Å². The van der Waals surface area contributed by atoms with Crippen molar-refractivity contribution in [1.29, 1.82) is 0 Å². The summed E-state index contributed by atoms with van der Waals surface area (Å²) in [6.07, 6.45) is 5.04. The lowest BCUT2D eigenvalue weighted by atomic mass is 10.1. The van der Waals surface area contributed by atoms with Crippen LogP contribution in [0.25, 0.3) is 0 Å². The highest BCUT2D eigenvalue weighted by Gasteiger charge is 2.23. The normalized spacial score (nSPS) is 17.8. The first-order valence-electron chi connectivity index (χ1n) is 7.72. The zero-order valence-electron chi connectivity index (χ0n) is 13.4. The van der Waals surface area contributed by atoms with Gasteiger partial charge in [0.05, 0.1) is 6.26 Å². The van der Waals surface area contributed by atoms with Gasteiger partial charge in [0.25, 0.3) is 5.91 Å². The van der Waals surface area contributed by atoms with Crippen molar-refractivity contribution < 1.29 is 9.21 Å². The van der Waals surface area contributed by atoms with Crippen molar-refractivity contribution in [3.05, 3.63) is 36.5 Å². The van der Waals surface area contributed by atoms with Crippen LogP contribution in [0.5, 0.6) is 0 Å². The number of aromatic nitrogens is 2. The smallest absolute Gasteiger partial charge is 0.287 e. The molecule has 2 aromatic rings. The van der Waals surface area contributed by atoms with Crippen molar-refractivity contribution in [3.8, 4) is 0 Å². The molecule has 0 unspecified atom stereocenters. The number of furan rings is 1. The fourth-order valence-corrected chi connectivity index (χ4v) is 2.72. The highest BCUT2D eigenvalue weighted by molar-refractivity contribution is 5.91. The predicted molar refractivity (Wildman–Crippen MR) is 87.8 cm³/mol. The summed E-state index contributed by atoms with van der Waals surface area (Å²) in [5, 5.41) is 3.03. The molecule has 0 spiro atoms. The fraction of sp³-hybridized carbons (Fsp3) is 0.438. The SMILES string of the molecule is CN(C)c1cc(N2CCC[C@H](NC(=O)c3ccco3)C2)ncn1. The van der Waals surface area contributed by atoms with Crippen LogP contribution in [-0.2, 0) is 0 Å². The molecule has 0 bridgehead atoms. The van der Waals surface area contributed by atoms with Crippen LogP contribution < -0.4 is 15.1 Å². The minimum absolute atomic E-state index is 0.0825. The largest absolute Gasteiger partial charge is 0.459 e. The van der Waals surface area contributed by atoms with E-state index in [2.05, 4.69) is 20.2 Å². The van der Waals surface area contributed by atoms with Crippen molar-refractivity contribution in [2.75, 3.05) is 37.0 Å². The van der Waals surface area contributed by atoms with Gasteiger partial charge in [0.1, 0.15) is 18.0 Å². The molecule has 7 heteroatoms. The first kappa shape index (κ1) is 15.3. The van der Waals surface area contributed by atoms with Gasteiger partial charge < -0.3 is 19.5 Å². The first-order chi connectivity index (χ1) is 11.1. The summed E-state index contributed by atoms with van der Waals surface area (Å²) in [5.41, 5.74) is 0. The van der Waals surface area contributed by atoms with Gasteiger partial charge in [-0.15, -0.1) is 0 Å². The van der Waals surface area contributed by atoms with Crippen molar-refractivity contribution in [1.82, 2.24) is 15.3 Å². The summed E-state index contributed by atoms with van der Waals surface area (Å²) in [6.45, 7) is 1.66. The molecule has 0 radical (unpaired) electrons. The Bertz CT molecular complexity index is 656. The molecule has 1 fully saturated rings. The number of rotatable bonds is 4. The molecule has 1 aliphatic rings. The van der Waals surface area contributed by atoms with Gasteiger partial charge in [-0.2, -0.15) is 0 Å². The summed E-state index contributed by atoms with van der Waals surface area (Å²) < 4.78 is 5.14. The predicted octanol–water partition coefficient (Wildman–Crippen LogP) is 1.53. The minimum Gasteiger partial charge on any atom is -0.459 e. The van der Waals surface area contributed by atoms with E-state index in [-0.39, 0.29) is 11.9 Å². The molecule has 0 aromatic carbocycles. The second kappa shape index (κ2) is 6.68. The van der Waals surface area contributed by atoms with Gasteiger partial charge in [-0.25, -0.2) is 9.97 Å². The molecule has 0 saturated carbocycles. The number of piperidine rings is 1. The topological polar surface area (TPSA) is 74.5 Å². The second-order valence-electron chi connectivity index (χ2n) is 5.86. The van der Waals surface area contributed by atoms with E-state index >= 15 is 0 Å². The average Bonchev–Trinajstić information content (AvgIpc) is 3.10. The van der Waals surface area contributed by atoms with Gasteiger partial charge in [0, 0.05) is 39.3 Å². The number of carbonyl (C=O) groups excluding carboxylic acids is 1. The van der Waals surface area contributed by atoms with Crippen LogP contribution in [0.2, 0.25) is 0 Å². The van der Waals surface area contributed by atoms with Crippen molar-refractivity contribution in [3.63, 3.8) is 0 Å². The fourth-order valence-electron chi connectivity index (χ4n) is 2.72. The van der Waals surface area contributed by atoms with Crippen LogP contribution in [0, 0.1) is 0 Å². The lowest BCUT2D eigenvalue weighted by molar-refractivity contribution is 0.0905. The van der Waals surface area contributed by atoms with E-state index in [4.69, 9.17) is 4.42 Å². The van der Waals surface area contributed by atoms with E-state index in [0.717, 1.165) is 37.6 Å². The van der Waals surface area contributed by atoms with E-state index < -0.39 is 0 Å². The maximum Gasteiger partial charge on any atom is 0.287 e. The van der Waals surface area contributed by atoms with Crippen molar-refractivity contribution in [2.45, 2.75) is 18.9 Å². The summed E-state index contributed by atoms with van der Waals surface area (Å²) in [6, 6.07) is 5.44. The number of carbonyl (C=O) groups is 1. The minimum atomic E-state index is -0.168. The molecule has 1 atom stereocenters. The number of anilines is 2. The van der Waals surface area contributed by atoms with Gasteiger partial charge in [-0.3, -0.25) is 4.79 Å². The molecule has 2 aromatic heterocycles. The molecular weight excluding hydrogens is 294 g/mol. The summed E-state index contributed by atoms with van der Waals surface area (Å²) in [5.74, 6) is 1.94. The van der Waals surface area contributed by atoms with Crippen molar-refractivity contribution >= 4 is 17.5 Å². The molecular formula is C16H21N5O2. The molecule has 7 nitrogen and oxygen atoms in total. The first-order valence-corrected chi connectivity index (χ1v) is 7.72. The monoisotopic (exact) mass is 315 g/mol. The van der Waals surface area contributed by atoms with Gasteiger partial charge in [0.2, 0.25) is 0 Å². The Morgan fingerprint density at radius 1 is 1.43 bits per heavy atom. The molecule has 1 amide bonds. The van der Waals surface area contributed by atoms with Gasteiger partial charge in [-0.1, -0.05) is 0 Å². The Morgan fingerprint density at radius 2 is 2.30 bits per heavy atom. The molecule has 3 rings (SSSR count). The zero-order chi connectivity index (χ0) is 16.2. The molecule has 1 saturated heterocycles.